The summed E-state index contributed by atoms with van der Waals surface area (Å²) >= 11 is 0. The number of sulfone groups is 1. The molecule has 18 heavy (non-hydrogen) atoms. The smallest absolute Gasteiger partial charge is 0.157 e. The van der Waals surface area contributed by atoms with E-state index in [4.69, 9.17) is 5.73 Å². The highest BCUT2D eigenvalue weighted by Crippen LogP contribution is 2.26. The van der Waals surface area contributed by atoms with Crippen molar-refractivity contribution in [2.45, 2.75) is 49.7 Å². The van der Waals surface area contributed by atoms with Crippen molar-refractivity contribution >= 4 is 9.84 Å². The van der Waals surface area contributed by atoms with Crippen molar-refractivity contribution in [3.05, 3.63) is 29.6 Å². The van der Waals surface area contributed by atoms with Crippen LogP contribution in [-0.4, -0.2) is 18.7 Å². The average molecular weight is 268 g/mol. The first kappa shape index (κ1) is 13.5. The molecule has 100 valence electrons. The molecule has 1 heterocycles. The third-order valence-electron chi connectivity index (χ3n) is 3.52. The van der Waals surface area contributed by atoms with Gasteiger partial charge in [-0.3, -0.25) is 4.98 Å². The molecule has 0 amide bonds. The molecular formula is C13H20N2O2S. The molecule has 0 saturated heterocycles. The van der Waals surface area contributed by atoms with Crippen molar-refractivity contribution in [3.8, 4) is 0 Å². The predicted octanol–water partition coefficient (Wildman–Crippen LogP) is 1.79. The van der Waals surface area contributed by atoms with Crippen molar-refractivity contribution in [1.82, 2.24) is 4.98 Å². The van der Waals surface area contributed by atoms with Crippen LogP contribution in [0.5, 0.6) is 0 Å². The number of nitrogens with zero attached hydrogens (tertiary/aromatic N) is 1. The van der Waals surface area contributed by atoms with Crippen LogP contribution in [0.2, 0.25) is 0 Å². The van der Waals surface area contributed by atoms with Crippen molar-refractivity contribution < 1.29 is 8.42 Å². The van der Waals surface area contributed by atoms with Crippen LogP contribution in [0.3, 0.4) is 0 Å². The first-order chi connectivity index (χ1) is 8.62. The number of nitrogens with two attached hydrogens (primary N) is 1. The third kappa shape index (κ3) is 3.29. The highest BCUT2D eigenvalue weighted by Gasteiger charge is 2.27. The molecule has 2 N–H and O–H groups in total. The zero-order valence-electron chi connectivity index (χ0n) is 10.5. The third-order valence-corrected chi connectivity index (χ3v) is 5.74. The second-order valence-corrected chi connectivity index (χ2v) is 7.21. The normalized spacial score (nSPS) is 17.8. The fourth-order valence-corrected chi connectivity index (χ4v) is 4.44. The molecule has 0 spiro atoms. The van der Waals surface area contributed by atoms with Gasteiger partial charge >= 0.3 is 0 Å². The Morgan fingerprint density at radius 2 is 2.00 bits per heavy atom. The Labute approximate surface area is 109 Å². The average Bonchev–Trinajstić information content (AvgIpc) is 2.39. The van der Waals surface area contributed by atoms with Gasteiger partial charge in [0.15, 0.2) is 9.84 Å². The summed E-state index contributed by atoms with van der Waals surface area (Å²) in [7, 11) is -3.03. The minimum atomic E-state index is -3.03. The van der Waals surface area contributed by atoms with Crippen LogP contribution < -0.4 is 5.73 Å². The first-order valence-corrected chi connectivity index (χ1v) is 8.19. The summed E-state index contributed by atoms with van der Waals surface area (Å²) in [6.45, 7) is 0.345. The standard InChI is InChI=1S/C13H20N2O2S/c14-9-12-8-11(6-7-15-12)10-18(16,17)13-4-2-1-3-5-13/h6-8,13H,1-5,9-10,14H2. The van der Waals surface area contributed by atoms with Crippen LogP contribution >= 0.6 is 0 Å². The number of aromatic nitrogens is 1. The van der Waals surface area contributed by atoms with Gasteiger partial charge in [0.25, 0.3) is 0 Å². The number of rotatable bonds is 4. The van der Waals surface area contributed by atoms with Crippen LogP contribution in [0.15, 0.2) is 18.3 Å². The number of hydrogen-bond donors (Lipinski definition) is 1. The predicted molar refractivity (Wildman–Crippen MR) is 71.6 cm³/mol. The second kappa shape index (κ2) is 5.80. The Morgan fingerprint density at radius 1 is 1.28 bits per heavy atom. The Bertz CT molecular complexity index is 493. The largest absolute Gasteiger partial charge is 0.325 e. The van der Waals surface area contributed by atoms with Gasteiger partial charge < -0.3 is 5.73 Å². The van der Waals surface area contributed by atoms with E-state index in [9.17, 15) is 8.42 Å². The van der Waals surface area contributed by atoms with E-state index >= 15 is 0 Å². The highest BCUT2D eigenvalue weighted by atomic mass is 32.2. The lowest BCUT2D eigenvalue weighted by atomic mass is 10.0. The molecule has 2 rings (SSSR count). The lowest BCUT2D eigenvalue weighted by Crippen LogP contribution is -2.25. The highest BCUT2D eigenvalue weighted by molar-refractivity contribution is 7.91. The van der Waals surface area contributed by atoms with E-state index in [2.05, 4.69) is 4.98 Å². The maximum atomic E-state index is 12.3. The summed E-state index contributed by atoms with van der Waals surface area (Å²) in [5, 5.41) is -0.152. The quantitative estimate of drug-likeness (QED) is 0.903. The van der Waals surface area contributed by atoms with Crippen molar-refractivity contribution in [2.24, 2.45) is 5.73 Å². The number of pyridine rings is 1. The number of hydrogen-bond acceptors (Lipinski definition) is 4. The summed E-state index contributed by atoms with van der Waals surface area (Å²) in [6.07, 6.45) is 6.50. The second-order valence-electron chi connectivity index (χ2n) is 4.93. The van der Waals surface area contributed by atoms with Crippen molar-refractivity contribution in [3.63, 3.8) is 0 Å². The molecule has 5 heteroatoms. The summed E-state index contributed by atoms with van der Waals surface area (Å²) in [5.41, 5.74) is 7.06. The van der Waals surface area contributed by atoms with Crippen LogP contribution in [0.1, 0.15) is 43.4 Å². The zero-order valence-corrected chi connectivity index (χ0v) is 11.3. The minimum absolute atomic E-state index is 0.118. The maximum Gasteiger partial charge on any atom is 0.157 e. The molecule has 1 saturated carbocycles. The Kier molecular flexibility index (Phi) is 4.35. The molecule has 1 aliphatic rings. The van der Waals surface area contributed by atoms with Gasteiger partial charge in [0.1, 0.15) is 0 Å². The van der Waals surface area contributed by atoms with Gasteiger partial charge in [0, 0.05) is 12.7 Å². The van der Waals surface area contributed by atoms with E-state index in [1.54, 1.807) is 18.3 Å². The molecular weight excluding hydrogens is 248 g/mol. The Balaban J connectivity index is 2.11. The molecule has 1 aliphatic carbocycles. The van der Waals surface area contributed by atoms with Crippen LogP contribution in [-0.2, 0) is 22.1 Å². The Hall–Kier alpha value is -0.940. The fraction of sp³-hybridized carbons (Fsp3) is 0.615. The summed E-state index contributed by atoms with van der Waals surface area (Å²) in [4.78, 5) is 4.08. The molecule has 0 radical (unpaired) electrons. The molecule has 1 aromatic rings. The lowest BCUT2D eigenvalue weighted by molar-refractivity contribution is 0.483. The monoisotopic (exact) mass is 268 g/mol. The van der Waals surface area contributed by atoms with E-state index in [-0.39, 0.29) is 11.0 Å². The molecule has 0 unspecified atom stereocenters. The van der Waals surface area contributed by atoms with Gasteiger partial charge in [-0.05, 0) is 30.5 Å². The lowest BCUT2D eigenvalue weighted by Gasteiger charge is -2.21. The van der Waals surface area contributed by atoms with Gasteiger partial charge in [-0.15, -0.1) is 0 Å². The SMILES string of the molecule is NCc1cc(CS(=O)(=O)C2CCCCC2)ccn1. The molecule has 1 aromatic heterocycles. The minimum Gasteiger partial charge on any atom is -0.325 e. The van der Waals surface area contributed by atoms with Crippen molar-refractivity contribution in [1.29, 1.82) is 0 Å². The van der Waals surface area contributed by atoms with Crippen LogP contribution in [0.25, 0.3) is 0 Å². The van der Waals surface area contributed by atoms with Crippen LogP contribution in [0, 0.1) is 0 Å². The van der Waals surface area contributed by atoms with E-state index in [1.807, 2.05) is 0 Å². The summed E-state index contributed by atoms with van der Waals surface area (Å²) in [5.74, 6) is 0.118. The molecule has 0 bridgehead atoms. The Morgan fingerprint density at radius 3 is 2.67 bits per heavy atom. The van der Waals surface area contributed by atoms with Gasteiger partial charge in [0.05, 0.1) is 16.7 Å². The van der Waals surface area contributed by atoms with Gasteiger partial charge in [0.2, 0.25) is 0 Å². The topological polar surface area (TPSA) is 73.1 Å². The molecule has 0 atom stereocenters. The summed E-state index contributed by atoms with van der Waals surface area (Å²) < 4.78 is 24.6. The van der Waals surface area contributed by atoms with Gasteiger partial charge in [-0.25, -0.2) is 8.42 Å². The van der Waals surface area contributed by atoms with Gasteiger partial charge in [-0.2, -0.15) is 0 Å². The molecule has 0 aliphatic heterocycles. The summed E-state index contributed by atoms with van der Waals surface area (Å²) in [6, 6.07) is 3.56. The maximum absolute atomic E-state index is 12.3. The zero-order chi connectivity index (χ0) is 13.0. The van der Waals surface area contributed by atoms with E-state index in [1.165, 1.54) is 6.42 Å². The van der Waals surface area contributed by atoms with E-state index < -0.39 is 9.84 Å². The molecule has 1 fully saturated rings. The fourth-order valence-electron chi connectivity index (χ4n) is 2.50. The molecule has 0 aromatic carbocycles. The van der Waals surface area contributed by atoms with E-state index in [0.29, 0.717) is 6.54 Å². The van der Waals surface area contributed by atoms with Gasteiger partial charge in [-0.1, -0.05) is 19.3 Å². The van der Waals surface area contributed by atoms with Crippen molar-refractivity contribution in [2.75, 3.05) is 0 Å². The first-order valence-electron chi connectivity index (χ1n) is 6.47. The van der Waals surface area contributed by atoms with E-state index in [0.717, 1.165) is 36.9 Å². The molecule has 4 nitrogen and oxygen atoms in total. The van der Waals surface area contributed by atoms with Crippen LogP contribution in [0.4, 0.5) is 0 Å².